The van der Waals surface area contributed by atoms with Crippen molar-refractivity contribution < 1.29 is 23.1 Å². The standard InChI is InChI=1S/C33H28F2N6O3S/c1-5-26(42)40-15-21-11-24(39-41(21)14-17(40)4)31-28(27-23(35)9-20(34)10-25(27)44-16(2)3)32-22(6-7-45-32)29(38-31)18-8-19-13-37-33(43)30(19)36-12-18/h5-12,16-17H,1,13-15H2,2-4H3,(H,37,43)/t17-/m1/s1. The zero-order chi connectivity index (χ0) is 31.6. The van der Waals surface area contributed by atoms with Gasteiger partial charge in [-0.3, -0.25) is 19.3 Å². The van der Waals surface area contributed by atoms with Crippen molar-refractivity contribution in [2.45, 2.75) is 52.6 Å². The molecule has 2 amide bonds. The molecule has 0 spiro atoms. The van der Waals surface area contributed by atoms with Crippen molar-refractivity contribution in [3.05, 3.63) is 83.1 Å². The molecular formula is C33H28F2N6O3S. The first kappa shape index (κ1) is 28.8. The summed E-state index contributed by atoms with van der Waals surface area (Å²) in [4.78, 5) is 36.0. The summed E-state index contributed by atoms with van der Waals surface area (Å²) >= 11 is 1.39. The van der Waals surface area contributed by atoms with Crippen molar-refractivity contribution >= 4 is 33.2 Å². The van der Waals surface area contributed by atoms with E-state index in [9.17, 15) is 14.0 Å². The molecule has 1 N–H and O–H groups in total. The number of benzene rings is 1. The summed E-state index contributed by atoms with van der Waals surface area (Å²) in [5.41, 5.74) is 4.49. The maximum Gasteiger partial charge on any atom is 0.270 e. The molecule has 45 heavy (non-hydrogen) atoms. The first-order valence-electron chi connectivity index (χ1n) is 14.5. The van der Waals surface area contributed by atoms with Gasteiger partial charge in [0.1, 0.15) is 34.5 Å². The predicted octanol–water partition coefficient (Wildman–Crippen LogP) is 6.11. The van der Waals surface area contributed by atoms with Crippen LogP contribution in [-0.2, 0) is 24.4 Å². The van der Waals surface area contributed by atoms with E-state index < -0.39 is 11.6 Å². The molecule has 2 aliphatic rings. The van der Waals surface area contributed by atoms with Gasteiger partial charge in [0.2, 0.25) is 5.91 Å². The van der Waals surface area contributed by atoms with E-state index in [4.69, 9.17) is 14.8 Å². The largest absolute Gasteiger partial charge is 0.490 e. The molecule has 2 aliphatic heterocycles. The van der Waals surface area contributed by atoms with Gasteiger partial charge in [-0.15, -0.1) is 11.3 Å². The van der Waals surface area contributed by atoms with E-state index in [-0.39, 0.29) is 35.3 Å². The minimum Gasteiger partial charge on any atom is -0.490 e. The molecule has 0 aliphatic carbocycles. The zero-order valence-corrected chi connectivity index (χ0v) is 25.5. The SMILES string of the molecule is C=CC(=O)N1Cc2cc(-c3nc(-c4cnc5c(c4)CNC5=O)c4ccsc4c3-c3c(F)cc(F)cc3OC(C)C)nn2C[C@H]1C. The zero-order valence-electron chi connectivity index (χ0n) is 24.7. The van der Waals surface area contributed by atoms with E-state index in [2.05, 4.69) is 16.9 Å². The van der Waals surface area contributed by atoms with E-state index in [1.54, 1.807) is 24.9 Å². The Bertz CT molecular complexity index is 2050. The Morgan fingerprint density at radius 1 is 1.18 bits per heavy atom. The minimum atomic E-state index is -0.791. The fourth-order valence-electron chi connectivity index (χ4n) is 5.99. The van der Waals surface area contributed by atoms with E-state index in [0.717, 1.165) is 22.7 Å². The summed E-state index contributed by atoms with van der Waals surface area (Å²) in [6.07, 6.45) is 2.54. The number of carbonyl (C=O) groups is 2. The predicted molar refractivity (Wildman–Crippen MR) is 167 cm³/mol. The van der Waals surface area contributed by atoms with Crippen LogP contribution < -0.4 is 10.1 Å². The number of aromatic nitrogens is 4. The van der Waals surface area contributed by atoms with E-state index in [1.807, 2.05) is 35.2 Å². The van der Waals surface area contributed by atoms with Crippen LogP contribution in [0.4, 0.5) is 8.78 Å². The van der Waals surface area contributed by atoms with Gasteiger partial charge in [-0.1, -0.05) is 6.58 Å². The van der Waals surface area contributed by atoms with Crippen LogP contribution in [0.5, 0.6) is 5.75 Å². The van der Waals surface area contributed by atoms with Crippen molar-refractivity contribution in [1.82, 2.24) is 30.0 Å². The number of thiophene rings is 1. The molecule has 5 aromatic rings. The van der Waals surface area contributed by atoms with Crippen molar-refractivity contribution in [3.8, 4) is 39.5 Å². The molecule has 4 aromatic heterocycles. The van der Waals surface area contributed by atoms with Gasteiger partial charge < -0.3 is 15.0 Å². The van der Waals surface area contributed by atoms with Gasteiger partial charge in [0.25, 0.3) is 5.91 Å². The lowest BCUT2D eigenvalue weighted by atomic mass is 9.96. The van der Waals surface area contributed by atoms with Crippen molar-refractivity contribution in [2.75, 3.05) is 0 Å². The third-order valence-corrected chi connectivity index (χ3v) is 8.93. The summed E-state index contributed by atoms with van der Waals surface area (Å²) in [5, 5.41) is 10.3. The molecule has 9 nitrogen and oxygen atoms in total. The second kappa shape index (κ2) is 10.9. The number of rotatable bonds is 6. The molecule has 0 fully saturated rings. The molecule has 6 heterocycles. The molecule has 12 heteroatoms. The number of nitrogens with one attached hydrogen (secondary N) is 1. The van der Waals surface area contributed by atoms with Gasteiger partial charge in [-0.2, -0.15) is 5.10 Å². The van der Waals surface area contributed by atoms with Crippen LogP contribution in [0.2, 0.25) is 0 Å². The molecule has 0 saturated carbocycles. The Balaban J connectivity index is 1.50. The monoisotopic (exact) mass is 626 g/mol. The van der Waals surface area contributed by atoms with Crippen LogP contribution in [0.25, 0.3) is 43.9 Å². The third-order valence-electron chi connectivity index (χ3n) is 8.00. The number of nitrogens with zero attached hydrogens (tertiary/aromatic N) is 5. The second-order valence-corrected chi connectivity index (χ2v) is 12.3. The number of fused-ring (bicyclic) bond motifs is 3. The average molecular weight is 627 g/mol. The highest BCUT2D eigenvalue weighted by molar-refractivity contribution is 7.18. The number of hydrogen-bond donors (Lipinski definition) is 1. The normalized spacial score (nSPS) is 15.7. The highest BCUT2D eigenvalue weighted by Gasteiger charge is 2.31. The quantitative estimate of drug-likeness (QED) is 0.228. The van der Waals surface area contributed by atoms with Crippen LogP contribution in [0.15, 0.2) is 54.6 Å². The van der Waals surface area contributed by atoms with Crippen LogP contribution in [0.1, 0.15) is 42.5 Å². The van der Waals surface area contributed by atoms with E-state index in [0.29, 0.717) is 58.2 Å². The highest BCUT2D eigenvalue weighted by Crippen LogP contribution is 2.47. The Morgan fingerprint density at radius 2 is 2.00 bits per heavy atom. The summed E-state index contributed by atoms with van der Waals surface area (Å²) in [6, 6.07) is 7.52. The smallest absolute Gasteiger partial charge is 0.270 e. The lowest BCUT2D eigenvalue weighted by Crippen LogP contribution is -2.44. The average Bonchev–Trinajstić information content (AvgIpc) is 3.74. The van der Waals surface area contributed by atoms with Crippen molar-refractivity contribution in [1.29, 1.82) is 0 Å². The number of hydrogen-bond acceptors (Lipinski definition) is 7. The van der Waals surface area contributed by atoms with Crippen LogP contribution in [-0.4, -0.2) is 48.6 Å². The van der Waals surface area contributed by atoms with Gasteiger partial charge in [0, 0.05) is 57.7 Å². The Morgan fingerprint density at radius 3 is 2.78 bits per heavy atom. The summed E-state index contributed by atoms with van der Waals surface area (Å²) in [7, 11) is 0. The topological polar surface area (TPSA) is 102 Å². The molecular weight excluding hydrogens is 598 g/mol. The number of carbonyl (C=O) groups excluding carboxylic acids is 2. The fraction of sp³-hybridized carbons (Fsp3) is 0.242. The highest BCUT2D eigenvalue weighted by atomic mass is 32.1. The Hall–Kier alpha value is -4.97. The fourth-order valence-corrected chi connectivity index (χ4v) is 6.94. The second-order valence-electron chi connectivity index (χ2n) is 11.4. The van der Waals surface area contributed by atoms with Gasteiger partial charge in [-0.25, -0.2) is 13.8 Å². The van der Waals surface area contributed by atoms with Crippen LogP contribution in [0.3, 0.4) is 0 Å². The minimum absolute atomic E-state index is 0.0529. The maximum absolute atomic E-state index is 16.0. The lowest BCUT2D eigenvalue weighted by molar-refractivity contribution is -0.129. The number of pyridine rings is 2. The molecule has 228 valence electrons. The number of halogens is 2. The van der Waals surface area contributed by atoms with Crippen molar-refractivity contribution in [3.63, 3.8) is 0 Å². The lowest BCUT2D eigenvalue weighted by Gasteiger charge is -2.33. The molecule has 0 radical (unpaired) electrons. The summed E-state index contributed by atoms with van der Waals surface area (Å²) in [5.74, 6) is -1.91. The molecule has 0 unspecified atom stereocenters. The molecule has 1 aromatic carbocycles. The van der Waals surface area contributed by atoms with Gasteiger partial charge in [0.15, 0.2) is 0 Å². The number of ether oxygens (including phenoxy) is 1. The molecule has 7 rings (SSSR count). The Labute approximate surface area is 261 Å². The van der Waals surface area contributed by atoms with Crippen LogP contribution in [0, 0.1) is 11.6 Å². The summed E-state index contributed by atoms with van der Waals surface area (Å²) in [6.45, 7) is 10.3. The van der Waals surface area contributed by atoms with Gasteiger partial charge in [0.05, 0.1) is 36.1 Å². The van der Waals surface area contributed by atoms with E-state index in [1.165, 1.54) is 23.5 Å². The van der Waals surface area contributed by atoms with E-state index >= 15 is 4.39 Å². The first-order valence-corrected chi connectivity index (χ1v) is 15.4. The first-order chi connectivity index (χ1) is 21.6. The number of amides is 2. The van der Waals surface area contributed by atoms with Crippen LogP contribution >= 0.6 is 11.3 Å². The van der Waals surface area contributed by atoms with Crippen molar-refractivity contribution in [2.24, 2.45) is 0 Å². The molecule has 0 saturated heterocycles. The molecule has 0 bridgehead atoms. The third kappa shape index (κ3) is 4.85. The van der Waals surface area contributed by atoms with Gasteiger partial charge >= 0.3 is 0 Å². The molecule has 1 atom stereocenters. The van der Waals surface area contributed by atoms with Gasteiger partial charge in [-0.05, 0) is 50.4 Å². The Kier molecular flexibility index (Phi) is 6.96. The summed E-state index contributed by atoms with van der Waals surface area (Å²) < 4.78 is 39.0. The maximum atomic E-state index is 16.0.